The molecule has 17 heavy (non-hydrogen) atoms. The normalized spacial score (nSPS) is 22.5. The van der Waals surface area contributed by atoms with E-state index >= 15 is 0 Å². The summed E-state index contributed by atoms with van der Waals surface area (Å²) in [6.45, 7) is 0. The second-order valence-corrected chi connectivity index (χ2v) is 5.42. The lowest BCUT2D eigenvalue weighted by molar-refractivity contribution is 1.03. The van der Waals surface area contributed by atoms with Crippen molar-refractivity contribution in [1.29, 1.82) is 0 Å². The lowest BCUT2D eigenvalue weighted by atomic mass is 10.0. The molecule has 1 fully saturated rings. The zero-order valence-electron chi connectivity index (χ0n) is 9.24. The summed E-state index contributed by atoms with van der Waals surface area (Å²) in [5.41, 5.74) is 2.77. The van der Waals surface area contributed by atoms with Gasteiger partial charge in [0.05, 0.1) is 0 Å². The standard InChI is InChI=1S/C15H12Cl2/c16-12-5-1-10(2-6-12)14-9-15(14)11-3-7-13(17)8-4-11/h1-8,14-15H,9H2. The van der Waals surface area contributed by atoms with Crippen LogP contribution >= 0.6 is 23.2 Å². The molecular formula is C15H12Cl2. The van der Waals surface area contributed by atoms with Crippen molar-refractivity contribution in [2.75, 3.05) is 0 Å². The van der Waals surface area contributed by atoms with Crippen molar-refractivity contribution in [3.05, 3.63) is 69.7 Å². The van der Waals surface area contributed by atoms with E-state index in [2.05, 4.69) is 24.3 Å². The highest BCUT2D eigenvalue weighted by Crippen LogP contribution is 2.54. The van der Waals surface area contributed by atoms with Crippen LogP contribution in [0, 0.1) is 0 Å². The molecule has 1 saturated carbocycles. The number of hydrogen-bond acceptors (Lipinski definition) is 0. The molecule has 0 nitrogen and oxygen atoms in total. The van der Waals surface area contributed by atoms with Crippen molar-refractivity contribution < 1.29 is 0 Å². The van der Waals surface area contributed by atoms with Gasteiger partial charge in [-0.1, -0.05) is 47.5 Å². The van der Waals surface area contributed by atoms with E-state index in [9.17, 15) is 0 Å². The topological polar surface area (TPSA) is 0 Å². The van der Waals surface area contributed by atoms with Crippen LogP contribution in [0.3, 0.4) is 0 Å². The van der Waals surface area contributed by atoms with E-state index < -0.39 is 0 Å². The fraction of sp³-hybridized carbons (Fsp3) is 0.200. The summed E-state index contributed by atoms with van der Waals surface area (Å²) in [4.78, 5) is 0. The first kappa shape index (κ1) is 11.1. The molecule has 1 aliphatic rings. The summed E-state index contributed by atoms with van der Waals surface area (Å²) in [6.07, 6.45) is 1.23. The summed E-state index contributed by atoms with van der Waals surface area (Å²) >= 11 is 11.8. The summed E-state index contributed by atoms with van der Waals surface area (Å²) in [6, 6.07) is 16.4. The molecule has 0 aromatic heterocycles. The Morgan fingerprint density at radius 2 is 1.00 bits per heavy atom. The Morgan fingerprint density at radius 3 is 1.35 bits per heavy atom. The molecule has 0 heterocycles. The highest BCUT2D eigenvalue weighted by Gasteiger charge is 2.39. The van der Waals surface area contributed by atoms with Crippen molar-refractivity contribution >= 4 is 23.2 Å². The monoisotopic (exact) mass is 262 g/mol. The number of benzene rings is 2. The Balaban J connectivity index is 1.78. The number of hydrogen-bond donors (Lipinski definition) is 0. The van der Waals surface area contributed by atoms with E-state index in [1.54, 1.807) is 0 Å². The molecule has 2 aromatic carbocycles. The molecule has 0 spiro atoms. The van der Waals surface area contributed by atoms with Gasteiger partial charge in [0.15, 0.2) is 0 Å². The van der Waals surface area contributed by atoms with E-state index in [1.165, 1.54) is 17.5 Å². The molecule has 0 bridgehead atoms. The third kappa shape index (κ3) is 2.34. The summed E-state index contributed by atoms with van der Waals surface area (Å²) in [7, 11) is 0. The maximum Gasteiger partial charge on any atom is 0.0406 e. The van der Waals surface area contributed by atoms with Gasteiger partial charge in [0.2, 0.25) is 0 Å². The lowest BCUT2D eigenvalue weighted by Gasteiger charge is -2.02. The molecule has 86 valence electrons. The van der Waals surface area contributed by atoms with Crippen LogP contribution in [0.25, 0.3) is 0 Å². The van der Waals surface area contributed by atoms with Crippen molar-refractivity contribution in [3.8, 4) is 0 Å². The predicted octanol–water partition coefficient (Wildman–Crippen LogP) is 5.26. The molecule has 3 rings (SSSR count). The van der Waals surface area contributed by atoms with Crippen LogP contribution in [-0.4, -0.2) is 0 Å². The molecule has 2 unspecified atom stereocenters. The van der Waals surface area contributed by atoms with Crippen LogP contribution in [0.15, 0.2) is 48.5 Å². The molecule has 0 aliphatic heterocycles. The van der Waals surface area contributed by atoms with Gasteiger partial charge in [-0.2, -0.15) is 0 Å². The molecule has 0 radical (unpaired) electrons. The second-order valence-electron chi connectivity index (χ2n) is 4.55. The molecule has 0 amide bonds. The van der Waals surface area contributed by atoms with Crippen LogP contribution in [0.5, 0.6) is 0 Å². The van der Waals surface area contributed by atoms with Crippen LogP contribution in [-0.2, 0) is 0 Å². The fourth-order valence-corrected chi connectivity index (χ4v) is 2.60. The van der Waals surface area contributed by atoms with Gasteiger partial charge in [0.1, 0.15) is 0 Å². The molecule has 0 N–H and O–H groups in total. The second kappa shape index (κ2) is 4.36. The summed E-state index contributed by atoms with van der Waals surface area (Å²) < 4.78 is 0. The van der Waals surface area contributed by atoms with E-state index in [-0.39, 0.29) is 0 Å². The minimum atomic E-state index is 0.647. The minimum Gasteiger partial charge on any atom is -0.0843 e. The SMILES string of the molecule is Clc1ccc(C2CC2c2ccc(Cl)cc2)cc1. The predicted molar refractivity (Wildman–Crippen MR) is 73.0 cm³/mol. The molecule has 0 saturated heterocycles. The Hall–Kier alpha value is -0.980. The number of rotatable bonds is 2. The average Bonchev–Trinajstić information content (AvgIpc) is 3.11. The van der Waals surface area contributed by atoms with Crippen LogP contribution < -0.4 is 0 Å². The van der Waals surface area contributed by atoms with Crippen molar-refractivity contribution in [2.24, 2.45) is 0 Å². The van der Waals surface area contributed by atoms with Gasteiger partial charge in [-0.05, 0) is 53.6 Å². The van der Waals surface area contributed by atoms with E-state index in [0.29, 0.717) is 11.8 Å². The van der Waals surface area contributed by atoms with Gasteiger partial charge in [0.25, 0.3) is 0 Å². The Labute approximate surface area is 111 Å². The molecule has 2 heteroatoms. The third-order valence-electron chi connectivity index (χ3n) is 3.39. The molecule has 2 atom stereocenters. The lowest BCUT2D eigenvalue weighted by Crippen LogP contribution is -1.84. The first-order chi connectivity index (χ1) is 8.24. The largest absolute Gasteiger partial charge is 0.0843 e. The summed E-state index contributed by atoms with van der Waals surface area (Å²) in [5, 5.41) is 1.61. The summed E-state index contributed by atoms with van der Waals surface area (Å²) in [5.74, 6) is 1.29. The molecular weight excluding hydrogens is 251 g/mol. The Morgan fingerprint density at radius 1 is 0.647 bits per heavy atom. The molecule has 2 aromatic rings. The van der Waals surface area contributed by atoms with Crippen molar-refractivity contribution in [2.45, 2.75) is 18.3 Å². The zero-order valence-corrected chi connectivity index (χ0v) is 10.7. The Bertz CT molecular complexity index is 464. The van der Waals surface area contributed by atoms with Gasteiger partial charge in [-0.25, -0.2) is 0 Å². The van der Waals surface area contributed by atoms with Crippen LogP contribution in [0.1, 0.15) is 29.4 Å². The highest BCUT2D eigenvalue weighted by molar-refractivity contribution is 6.30. The fourth-order valence-electron chi connectivity index (χ4n) is 2.35. The van der Waals surface area contributed by atoms with Crippen molar-refractivity contribution in [1.82, 2.24) is 0 Å². The van der Waals surface area contributed by atoms with Gasteiger partial charge in [-0.3, -0.25) is 0 Å². The quantitative estimate of drug-likeness (QED) is 0.692. The maximum absolute atomic E-state index is 5.89. The van der Waals surface area contributed by atoms with Gasteiger partial charge in [0, 0.05) is 10.0 Å². The van der Waals surface area contributed by atoms with Crippen molar-refractivity contribution in [3.63, 3.8) is 0 Å². The highest BCUT2D eigenvalue weighted by atomic mass is 35.5. The Kier molecular flexibility index (Phi) is 2.85. The third-order valence-corrected chi connectivity index (χ3v) is 3.89. The smallest absolute Gasteiger partial charge is 0.0406 e. The van der Waals surface area contributed by atoms with E-state index in [0.717, 1.165) is 10.0 Å². The maximum atomic E-state index is 5.89. The minimum absolute atomic E-state index is 0.647. The van der Waals surface area contributed by atoms with Gasteiger partial charge >= 0.3 is 0 Å². The van der Waals surface area contributed by atoms with E-state index in [1.807, 2.05) is 24.3 Å². The van der Waals surface area contributed by atoms with Gasteiger partial charge < -0.3 is 0 Å². The van der Waals surface area contributed by atoms with Crippen LogP contribution in [0.4, 0.5) is 0 Å². The average molecular weight is 263 g/mol. The van der Waals surface area contributed by atoms with Crippen LogP contribution in [0.2, 0.25) is 10.0 Å². The number of halogens is 2. The first-order valence-electron chi connectivity index (χ1n) is 5.75. The zero-order chi connectivity index (χ0) is 11.8. The first-order valence-corrected chi connectivity index (χ1v) is 6.50. The van der Waals surface area contributed by atoms with Gasteiger partial charge in [-0.15, -0.1) is 0 Å². The molecule has 1 aliphatic carbocycles. The van der Waals surface area contributed by atoms with E-state index in [4.69, 9.17) is 23.2 Å².